The number of aryl methyl sites for hydroxylation is 1. The molecule has 1 saturated heterocycles. The fourth-order valence-corrected chi connectivity index (χ4v) is 2.82. The van der Waals surface area contributed by atoms with Gasteiger partial charge in [-0.1, -0.05) is 11.2 Å². The number of carbonyl (C=O) groups is 2. The lowest BCUT2D eigenvalue weighted by Gasteiger charge is -2.24. The average molecular weight is 368 g/mol. The van der Waals surface area contributed by atoms with E-state index in [4.69, 9.17) is 4.52 Å². The number of anilines is 1. The van der Waals surface area contributed by atoms with Crippen LogP contribution in [0.4, 0.5) is 18.9 Å². The molecular weight excluding hydrogens is 353 g/mol. The van der Waals surface area contributed by atoms with Crippen LogP contribution in [0.2, 0.25) is 0 Å². The predicted octanol–water partition coefficient (Wildman–Crippen LogP) is 2.54. The van der Waals surface area contributed by atoms with Crippen LogP contribution in [-0.2, 0) is 9.59 Å². The van der Waals surface area contributed by atoms with E-state index in [0.29, 0.717) is 28.4 Å². The number of carbonyl (C=O) groups excluding carboxylic acids is 2. The minimum absolute atomic E-state index is 0.0995. The Bertz CT molecular complexity index is 834. The maximum absolute atomic E-state index is 12.7. The molecule has 1 atom stereocenters. The van der Waals surface area contributed by atoms with E-state index in [-0.39, 0.29) is 18.9 Å². The number of nitrogens with one attached hydrogen (secondary N) is 1. The molecule has 1 fully saturated rings. The maximum atomic E-state index is 12.7. The van der Waals surface area contributed by atoms with E-state index in [0.717, 1.165) is 0 Å². The summed E-state index contributed by atoms with van der Waals surface area (Å²) in [5, 5.41) is 6.22. The zero-order chi connectivity index (χ0) is 18.9. The molecule has 0 aliphatic carbocycles. The molecule has 138 valence electrons. The van der Waals surface area contributed by atoms with Gasteiger partial charge in [0, 0.05) is 17.8 Å². The molecule has 2 aromatic rings. The van der Waals surface area contributed by atoms with Crippen LogP contribution < -0.4 is 5.32 Å². The van der Waals surface area contributed by atoms with Crippen molar-refractivity contribution in [2.24, 2.45) is 0 Å². The molecule has 0 saturated carbocycles. The van der Waals surface area contributed by atoms with Crippen molar-refractivity contribution in [3.63, 3.8) is 0 Å². The molecule has 0 spiro atoms. The first-order chi connectivity index (χ1) is 12.3. The normalized spacial score (nSPS) is 17.4. The Balaban J connectivity index is 1.74. The maximum Gasteiger partial charge on any atom is 0.471 e. The van der Waals surface area contributed by atoms with Gasteiger partial charge in [-0.05, 0) is 38.0 Å². The summed E-state index contributed by atoms with van der Waals surface area (Å²) in [5.41, 5.74) is 0.910. The second-order valence-electron chi connectivity index (χ2n) is 5.87. The Morgan fingerprint density at radius 2 is 2.12 bits per heavy atom. The summed E-state index contributed by atoms with van der Waals surface area (Å²) >= 11 is 0. The molecule has 7 nitrogen and oxygen atoms in total. The predicted molar refractivity (Wildman–Crippen MR) is 83.9 cm³/mol. The Hall–Kier alpha value is -2.91. The van der Waals surface area contributed by atoms with Gasteiger partial charge in [-0.3, -0.25) is 9.59 Å². The second-order valence-corrected chi connectivity index (χ2v) is 5.87. The third kappa shape index (κ3) is 3.68. The van der Waals surface area contributed by atoms with Crippen LogP contribution in [0.5, 0.6) is 0 Å². The van der Waals surface area contributed by atoms with Crippen LogP contribution >= 0.6 is 0 Å². The fraction of sp³-hybridized carbons (Fsp3) is 0.375. The van der Waals surface area contributed by atoms with Gasteiger partial charge in [0.05, 0.1) is 0 Å². The van der Waals surface area contributed by atoms with Crippen LogP contribution in [0.15, 0.2) is 28.8 Å². The molecule has 1 aliphatic rings. The fourth-order valence-electron chi connectivity index (χ4n) is 2.82. The number of benzene rings is 1. The molecule has 1 unspecified atom stereocenters. The van der Waals surface area contributed by atoms with Gasteiger partial charge < -0.3 is 14.7 Å². The van der Waals surface area contributed by atoms with E-state index in [9.17, 15) is 22.8 Å². The number of hydrogen-bond donors (Lipinski definition) is 1. The van der Waals surface area contributed by atoms with Crippen LogP contribution in [0.25, 0.3) is 11.5 Å². The lowest BCUT2D eigenvalue weighted by atomic mass is 10.1. The van der Waals surface area contributed by atoms with Gasteiger partial charge in [0.25, 0.3) is 5.89 Å². The number of rotatable bonds is 3. The first kappa shape index (κ1) is 17.9. The molecule has 2 amide bonds. The third-order valence-corrected chi connectivity index (χ3v) is 3.96. The monoisotopic (exact) mass is 368 g/mol. The molecule has 0 bridgehead atoms. The van der Waals surface area contributed by atoms with Crippen molar-refractivity contribution in [3.8, 4) is 11.5 Å². The summed E-state index contributed by atoms with van der Waals surface area (Å²) in [5.74, 6) is -1.96. The van der Waals surface area contributed by atoms with Gasteiger partial charge in [0.1, 0.15) is 6.04 Å². The van der Waals surface area contributed by atoms with Crippen molar-refractivity contribution in [2.45, 2.75) is 32.0 Å². The SMILES string of the molecule is Cc1noc(-c2cccc(NC(=O)C3CCCN3C(=O)C(F)(F)F)c2)n1. The molecule has 3 rings (SSSR count). The zero-order valence-electron chi connectivity index (χ0n) is 13.7. The molecular formula is C16H15F3N4O3. The molecule has 2 heterocycles. The Labute approximate surface area is 146 Å². The van der Waals surface area contributed by atoms with Gasteiger partial charge in [-0.25, -0.2) is 0 Å². The summed E-state index contributed by atoms with van der Waals surface area (Å²) < 4.78 is 43.0. The molecule has 1 aromatic heterocycles. The summed E-state index contributed by atoms with van der Waals surface area (Å²) in [6, 6.07) is 5.32. The minimum Gasteiger partial charge on any atom is -0.334 e. The van der Waals surface area contributed by atoms with E-state index < -0.39 is 24.0 Å². The molecule has 26 heavy (non-hydrogen) atoms. The van der Waals surface area contributed by atoms with Gasteiger partial charge in [-0.2, -0.15) is 18.2 Å². The van der Waals surface area contributed by atoms with Gasteiger partial charge in [-0.15, -0.1) is 0 Å². The van der Waals surface area contributed by atoms with Gasteiger partial charge in [0.2, 0.25) is 5.91 Å². The second kappa shape index (κ2) is 6.77. The van der Waals surface area contributed by atoms with E-state index in [1.165, 1.54) is 0 Å². The van der Waals surface area contributed by atoms with Crippen molar-refractivity contribution in [1.82, 2.24) is 15.0 Å². The van der Waals surface area contributed by atoms with E-state index >= 15 is 0 Å². The molecule has 10 heteroatoms. The van der Waals surface area contributed by atoms with Crippen molar-refractivity contribution in [2.75, 3.05) is 11.9 Å². The quantitative estimate of drug-likeness (QED) is 0.899. The standard InChI is InChI=1S/C16H15F3N4O3/c1-9-20-14(26-22-9)10-4-2-5-11(8-10)21-13(24)12-6-3-7-23(12)15(25)16(17,18)19/h2,4-5,8,12H,3,6-7H2,1H3,(H,21,24). The molecule has 1 N–H and O–H groups in total. The Kier molecular flexibility index (Phi) is 4.66. The van der Waals surface area contributed by atoms with Crippen molar-refractivity contribution in [1.29, 1.82) is 0 Å². The summed E-state index contributed by atoms with van der Waals surface area (Å²) in [7, 11) is 0. The number of aromatic nitrogens is 2. The minimum atomic E-state index is -5.00. The summed E-state index contributed by atoms with van der Waals surface area (Å²) in [6.07, 6.45) is -4.49. The van der Waals surface area contributed by atoms with Crippen molar-refractivity contribution in [3.05, 3.63) is 30.1 Å². The van der Waals surface area contributed by atoms with Crippen LogP contribution in [-0.4, -0.2) is 45.6 Å². The summed E-state index contributed by atoms with van der Waals surface area (Å²) in [4.78, 5) is 28.5. The topological polar surface area (TPSA) is 88.3 Å². The number of halogens is 3. The highest BCUT2D eigenvalue weighted by Gasteiger charge is 2.47. The van der Waals surface area contributed by atoms with E-state index in [2.05, 4.69) is 15.5 Å². The first-order valence-corrected chi connectivity index (χ1v) is 7.85. The van der Waals surface area contributed by atoms with Crippen LogP contribution in [0, 0.1) is 6.92 Å². The van der Waals surface area contributed by atoms with Gasteiger partial charge >= 0.3 is 12.1 Å². The number of amides is 2. The van der Waals surface area contributed by atoms with E-state index in [1.807, 2.05) is 0 Å². The number of likely N-dealkylation sites (tertiary alicyclic amines) is 1. The van der Waals surface area contributed by atoms with Crippen LogP contribution in [0.3, 0.4) is 0 Å². The highest BCUT2D eigenvalue weighted by Crippen LogP contribution is 2.27. The lowest BCUT2D eigenvalue weighted by Crippen LogP contribution is -2.48. The lowest BCUT2D eigenvalue weighted by molar-refractivity contribution is -0.186. The zero-order valence-corrected chi connectivity index (χ0v) is 13.7. The van der Waals surface area contributed by atoms with Gasteiger partial charge in [0.15, 0.2) is 5.82 Å². The average Bonchev–Trinajstić information content (AvgIpc) is 3.22. The highest BCUT2D eigenvalue weighted by molar-refractivity contribution is 5.98. The highest BCUT2D eigenvalue weighted by atomic mass is 19.4. The third-order valence-electron chi connectivity index (χ3n) is 3.96. The number of alkyl halides is 3. The van der Waals surface area contributed by atoms with Crippen molar-refractivity contribution >= 4 is 17.5 Å². The summed E-state index contributed by atoms with van der Waals surface area (Å²) in [6.45, 7) is 1.56. The Morgan fingerprint density at radius 1 is 1.35 bits per heavy atom. The van der Waals surface area contributed by atoms with Crippen LogP contribution in [0.1, 0.15) is 18.7 Å². The smallest absolute Gasteiger partial charge is 0.334 e. The Morgan fingerprint density at radius 3 is 2.77 bits per heavy atom. The largest absolute Gasteiger partial charge is 0.471 e. The first-order valence-electron chi connectivity index (χ1n) is 7.85. The van der Waals surface area contributed by atoms with E-state index in [1.54, 1.807) is 31.2 Å². The molecule has 1 aliphatic heterocycles. The molecule has 0 radical (unpaired) electrons. The van der Waals surface area contributed by atoms with Crippen molar-refractivity contribution < 1.29 is 27.3 Å². The number of nitrogens with zero attached hydrogens (tertiary/aromatic N) is 3. The number of hydrogen-bond acceptors (Lipinski definition) is 5. The molecule has 1 aromatic carbocycles.